The molecule has 2 atom stereocenters. The number of hydrogen-bond acceptors (Lipinski definition) is 6. The molecule has 3 amide bonds. The van der Waals surface area contributed by atoms with Crippen LogP contribution >= 0.6 is 0 Å². The molecule has 0 spiro atoms. The maximum atomic E-state index is 13.9. The van der Waals surface area contributed by atoms with Gasteiger partial charge < -0.3 is 30.7 Å². The fraction of sp³-hybridized carbons (Fsp3) is 0.638. The molecule has 9 nitrogen and oxygen atoms in total. The van der Waals surface area contributed by atoms with Gasteiger partial charge in [-0.1, -0.05) is 104 Å². The maximum absolute atomic E-state index is 13.9. The van der Waals surface area contributed by atoms with Crippen LogP contribution in [-0.4, -0.2) is 47.8 Å². The molecule has 2 aromatic rings. The summed E-state index contributed by atoms with van der Waals surface area (Å²) in [6.07, 6.45) is 5.21. The lowest BCUT2D eigenvalue weighted by molar-refractivity contribution is -0.129. The Morgan fingerprint density at radius 1 is 0.750 bits per heavy atom. The zero-order valence-corrected chi connectivity index (χ0v) is 37.2. The second kappa shape index (κ2) is 16.2. The van der Waals surface area contributed by atoms with E-state index in [4.69, 9.17) is 9.47 Å². The molecule has 2 fully saturated rings. The molecule has 4 N–H and O–H groups in total. The quantitative estimate of drug-likeness (QED) is 0.115. The number of carbonyl (C=O) groups is 3. The largest absolute Gasteiger partial charge is 0.423 e. The molecule has 1 aliphatic heterocycles. The topological polar surface area (TPSA) is 118 Å². The second-order valence-electron chi connectivity index (χ2n) is 21.5. The molecule has 0 bridgehead atoms. The fourth-order valence-corrected chi connectivity index (χ4v) is 9.78. The molecular weight excluding hydrogens is 701 g/mol. The summed E-state index contributed by atoms with van der Waals surface area (Å²) in [5.74, 6) is 0.494. The highest BCUT2D eigenvalue weighted by Gasteiger charge is 2.43. The number of aryl methyl sites for hydroxylation is 2. The minimum Gasteiger partial charge on any atom is -0.423 e. The third kappa shape index (κ3) is 12.1. The van der Waals surface area contributed by atoms with Gasteiger partial charge in [-0.25, -0.2) is 14.4 Å². The molecule has 2 unspecified atom stereocenters. The summed E-state index contributed by atoms with van der Waals surface area (Å²) >= 11 is 0. The van der Waals surface area contributed by atoms with Crippen molar-refractivity contribution < 1.29 is 23.9 Å². The average Bonchev–Trinajstić information content (AvgIpc) is 2.98. The Hall–Kier alpha value is -3.85. The smallest absolute Gasteiger partial charge is 0.412 e. The maximum Gasteiger partial charge on any atom is 0.412 e. The van der Waals surface area contributed by atoms with Crippen LogP contribution in [0.25, 0.3) is 0 Å². The first-order valence-corrected chi connectivity index (χ1v) is 20.4. The van der Waals surface area contributed by atoms with E-state index in [2.05, 4.69) is 130 Å². The van der Waals surface area contributed by atoms with Gasteiger partial charge in [0.05, 0.1) is 0 Å². The summed E-state index contributed by atoms with van der Waals surface area (Å²) in [5.41, 5.74) is 4.45. The molecular formula is C47H72N4O5. The molecule has 310 valence electrons. The molecule has 1 heterocycles. The molecule has 9 heteroatoms. The van der Waals surface area contributed by atoms with E-state index in [0.717, 1.165) is 65.5 Å². The fourth-order valence-electron chi connectivity index (χ4n) is 9.78. The average molecular weight is 773 g/mol. The molecule has 2 aliphatic rings. The van der Waals surface area contributed by atoms with E-state index >= 15 is 0 Å². The van der Waals surface area contributed by atoms with Crippen molar-refractivity contribution >= 4 is 18.1 Å². The molecule has 4 rings (SSSR count). The first-order valence-electron chi connectivity index (χ1n) is 20.4. The van der Waals surface area contributed by atoms with Gasteiger partial charge in [-0.2, -0.15) is 0 Å². The van der Waals surface area contributed by atoms with Crippen molar-refractivity contribution in [3.8, 4) is 11.5 Å². The third-order valence-electron chi connectivity index (χ3n) is 11.1. The normalized spacial score (nSPS) is 22.1. The van der Waals surface area contributed by atoms with Crippen LogP contribution in [0.5, 0.6) is 11.5 Å². The van der Waals surface area contributed by atoms with E-state index in [1.807, 2.05) is 26.0 Å². The number of piperidine rings is 1. The molecule has 0 radical (unpaired) electrons. The summed E-state index contributed by atoms with van der Waals surface area (Å²) < 4.78 is 12.3. The van der Waals surface area contributed by atoms with Crippen LogP contribution in [0.4, 0.5) is 9.59 Å². The number of ether oxygens (including phenoxy) is 2. The zero-order chi connectivity index (χ0) is 42.2. The lowest BCUT2D eigenvalue weighted by atomic mass is 9.62. The molecule has 2 aromatic carbocycles. The Balaban J connectivity index is 1.57. The summed E-state index contributed by atoms with van der Waals surface area (Å²) in [5, 5.41) is 13.4. The third-order valence-corrected chi connectivity index (χ3v) is 11.1. The number of nitrogens with one attached hydrogen (secondary N) is 4. The van der Waals surface area contributed by atoms with Gasteiger partial charge in [0, 0.05) is 64.5 Å². The molecule has 0 aromatic heterocycles. The Bertz CT molecular complexity index is 1800. The van der Waals surface area contributed by atoms with Gasteiger partial charge in [-0.15, -0.1) is 0 Å². The van der Waals surface area contributed by atoms with Crippen molar-refractivity contribution in [2.24, 2.45) is 10.8 Å². The number of esters is 1. The lowest BCUT2D eigenvalue weighted by Gasteiger charge is -2.48. The van der Waals surface area contributed by atoms with Gasteiger partial charge in [-0.05, 0) is 95.3 Å². The van der Waals surface area contributed by atoms with E-state index in [1.54, 1.807) is 0 Å². The first kappa shape index (κ1) is 44.9. The molecule has 56 heavy (non-hydrogen) atoms. The molecule has 1 saturated heterocycles. The van der Waals surface area contributed by atoms with Crippen molar-refractivity contribution in [3.05, 3.63) is 70.3 Å². The first-order chi connectivity index (χ1) is 25.5. The highest BCUT2D eigenvalue weighted by molar-refractivity contribution is 5.84. The summed E-state index contributed by atoms with van der Waals surface area (Å²) in [6, 6.07) is 8.13. The predicted molar refractivity (Wildman–Crippen MR) is 228 cm³/mol. The van der Waals surface area contributed by atoms with Gasteiger partial charge in [0.2, 0.25) is 0 Å². The number of benzene rings is 2. The van der Waals surface area contributed by atoms with Gasteiger partial charge >= 0.3 is 18.1 Å². The minimum absolute atomic E-state index is 0.0443. The number of rotatable bonds is 9. The molecule has 1 saturated carbocycles. The van der Waals surface area contributed by atoms with Crippen molar-refractivity contribution in [1.29, 1.82) is 0 Å². The monoisotopic (exact) mass is 773 g/mol. The van der Waals surface area contributed by atoms with Crippen LogP contribution in [0.1, 0.15) is 155 Å². The van der Waals surface area contributed by atoms with Crippen molar-refractivity contribution in [3.63, 3.8) is 0 Å². The SMILES string of the molecule is C=CC(=O)Oc1c(Cc2cc(C)cc(C(C)(C)C)c2OC(=O)NCC2(C)CC(NC(=O)NC3CC(C)(C)NC(C)(C)C3)CC(C)(C)C2)cc(C)cc1C(C)(C)C. The minimum atomic E-state index is -0.526. The van der Waals surface area contributed by atoms with Crippen molar-refractivity contribution in [2.75, 3.05) is 6.54 Å². The second-order valence-corrected chi connectivity index (χ2v) is 21.5. The van der Waals surface area contributed by atoms with Crippen LogP contribution in [0, 0.1) is 24.7 Å². The van der Waals surface area contributed by atoms with Gasteiger partial charge in [0.15, 0.2) is 0 Å². The Morgan fingerprint density at radius 3 is 1.68 bits per heavy atom. The van der Waals surface area contributed by atoms with E-state index in [0.29, 0.717) is 24.5 Å². The van der Waals surface area contributed by atoms with Crippen LogP contribution in [0.2, 0.25) is 0 Å². The van der Waals surface area contributed by atoms with Crippen LogP contribution in [0.15, 0.2) is 36.9 Å². The Labute approximate surface area is 337 Å². The summed E-state index contributed by atoms with van der Waals surface area (Å²) in [4.78, 5) is 39.9. The lowest BCUT2D eigenvalue weighted by Crippen LogP contribution is -2.63. The summed E-state index contributed by atoms with van der Waals surface area (Å²) in [7, 11) is 0. The standard InChI is InChI=1S/C47H72N4O5/c1-17-37(52)55-38-31(18-29(2)20-35(38)42(4,5)6)22-32-19-30(3)21-36(43(7,8)9)39(32)56-41(54)48-28-47(16)26-33(23-44(10,11)27-47)49-40(53)50-34-24-45(12,13)51-46(14,15)25-34/h17-21,33-34,51H,1,22-28H2,2-16H3,(H,48,54)(H2,49,50,53). The molecule has 1 aliphatic carbocycles. The van der Waals surface area contributed by atoms with Gasteiger partial charge in [-0.3, -0.25) is 0 Å². The number of hydrogen-bond donors (Lipinski definition) is 4. The van der Waals surface area contributed by atoms with Crippen LogP contribution < -0.4 is 30.7 Å². The highest BCUT2D eigenvalue weighted by Crippen LogP contribution is 2.46. The van der Waals surface area contributed by atoms with E-state index in [9.17, 15) is 14.4 Å². The van der Waals surface area contributed by atoms with E-state index in [1.165, 1.54) is 6.08 Å². The number of amides is 3. The van der Waals surface area contributed by atoms with Crippen molar-refractivity contribution in [2.45, 2.75) is 176 Å². The summed E-state index contributed by atoms with van der Waals surface area (Å²) in [6.45, 7) is 36.1. The van der Waals surface area contributed by atoms with Crippen molar-refractivity contribution in [1.82, 2.24) is 21.3 Å². The number of carbonyl (C=O) groups excluding carboxylic acids is 3. The predicted octanol–water partition coefficient (Wildman–Crippen LogP) is 9.86. The van der Waals surface area contributed by atoms with Crippen LogP contribution in [0.3, 0.4) is 0 Å². The van der Waals surface area contributed by atoms with E-state index < -0.39 is 12.1 Å². The van der Waals surface area contributed by atoms with Crippen LogP contribution in [-0.2, 0) is 22.0 Å². The van der Waals surface area contributed by atoms with Gasteiger partial charge in [0.1, 0.15) is 11.5 Å². The Kier molecular flexibility index (Phi) is 13.0. The van der Waals surface area contributed by atoms with Gasteiger partial charge in [0.25, 0.3) is 0 Å². The highest BCUT2D eigenvalue weighted by atomic mass is 16.6. The van der Waals surface area contributed by atoms with E-state index in [-0.39, 0.29) is 50.9 Å². The Morgan fingerprint density at radius 2 is 1.21 bits per heavy atom. The number of urea groups is 1. The zero-order valence-electron chi connectivity index (χ0n) is 37.2.